The lowest BCUT2D eigenvalue weighted by molar-refractivity contribution is -0.146. The zero-order valence-electron chi connectivity index (χ0n) is 24.7. The lowest BCUT2D eigenvalue weighted by Gasteiger charge is -2.60. The van der Waals surface area contributed by atoms with Crippen LogP contribution in [0.2, 0.25) is 0 Å². The molecule has 0 aromatic heterocycles. The predicted molar refractivity (Wildman–Crippen MR) is 159 cm³/mol. The van der Waals surface area contributed by atoms with Gasteiger partial charge >= 0.3 is 6.09 Å². The van der Waals surface area contributed by atoms with Crippen molar-refractivity contribution >= 4 is 17.7 Å². The monoisotopic (exact) mass is 553 g/mol. The van der Waals surface area contributed by atoms with Crippen LogP contribution in [-0.4, -0.2) is 28.7 Å². The zero-order valence-corrected chi connectivity index (χ0v) is 24.7. The van der Waals surface area contributed by atoms with E-state index in [1.165, 1.54) is 5.57 Å². The van der Waals surface area contributed by atoms with Crippen LogP contribution in [0, 0.1) is 34.5 Å². The summed E-state index contributed by atoms with van der Waals surface area (Å²) in [4.78, 5) is 41.3. The standard InChI is InChI=1S/C36H43NO4/c1-24(38)30-16-17-31-29-15-14-27-20-28(39)18-19-35(27,2)33(29)32(21-36(30,31)3)41-34(40)37(22-25-10-6-4-7-11-25)23-26-12-8-5-9-13-26/h4-13,20,29-33H,14-19,21-23H2,1-3H3/t29-,30+,31-,32+,33+,35-,36+/m0/s1. The van der Waals surface area contributed by atoms with E-state index in [0.717, 1.165) is 43.2 Å². The lowest BCUT2D eigenvalue weighted by atomic mass is 9.46. The van der Waals surface area contributed by atoms with Crippen molar-refractivity contribution in [3.05, 3.63) is 83.4 Å². The van der Waals surface area contributed by atoms with Crippen molar-refractivity contribution in [3.8, 4) is 0 Å². The average Bonchev–Trinajstić information content (AvgIpc) is 3.31. The maximum atomic E-state index is 14.2. The molecule has 4 aliphatic rings. The molecule has 0 bridgehead atoms. The summed E-state index contributed by atoms with van der Waals surface area (Å²) in [6, 6.07) is 20.1. The summed E-state index contributed by atoms with van der Waals surface area (Å²) in [6.45, 7) is 7.26. The van der Waals surface area contributed by atoms with Gasteiger partial charge in [0.05, 0.1) is 0 Å². The maximum Gasteiger partial charge on any atom is 0.410 e. The Morgan fingerprint density at radius 2 is 1.54 bits per heavy atom. The molecular formula is C36H43NO4. The van der Waals surface area contributed by atoms with Gasteiger partial charge in [-0.1, -0.05) is 80.1 Å². The number of rotatable bonds is 6. The van der Waals surface area contributed by atoms with Crippen LogP contribution in [0.3, 0.4) is 0 Å². The van der Waals surface area contributed by atoms with E-state index >= 15 is 0 Å². The van der Waals surface area contributed by atoms with Gasteiger partial charge in [0.15, 0.2) is 5.78 Å². The van der Waals surface area contributed by atoms with Crippen LogP contribution >= 0.6 is 0 Å². The van der Waals surface area contributed by atoms with E-state index in [9.17, 15) is 14.4 Å². The highest BCUT2D eigenvalue weighted by Gasteiger charge is 2.63. The van der Waals surface area contributed by atoms with Gasteiger partial charge in [0.25, 0.3) is 0 Å². The third-order valence-corrected chi connectivity index (χ3v) is 11.3. The van der Waals surface area contributed by atoms with Gasteiger partial charge in [-0.15, -0.1) is 0 Å². The van der Waals surface area contributed by atoms with Crippen molar-refractivity contribution in [2.75, 3.05) is 0 Å². The van der Waals surface area contributed by atoms with Gasteiger partial charge in [-0.2, -0.15) is 0 Å². The van der Waals surface area contributed by atoms with Crippen LogP contribution in [0.15, 0.2) is 72.3 Å². The number of carbonyl (C=O) groups excluding carboxylic acids is 3. The SMILES string of the molecule is CC(=O)[C@H]1CC[C@H]2[C@@H]3CCC4=CC(=O)CC[C@]4(C)[C@H]3[C@H](OC(=O)N(Cc3ccccc3)Cc3ccccc3)C[C@]12C. The van der Waals surface area contributed by atoms with Crippen molar-refractivity contribution in [2.24, 2.45) is 34.5 Å². The van der Waals surface area contributed by atoms with Crippen LogP contribution in [0.4, 0.5) is 4.79 Å². The Labute approximate surface area is 244 Å². The maximum absolute atomic E-state index is 14.2. The van der Waals surface area contributed by atoms with Gasteiger partial charge < -0.3 is 4.74 Å². The number of benzene rings is 2. The summed E-state index contributed by atoms with van der Waals surface area (Å²) in [6.07, 6.45) is 7.27. The van der Waals surface area contributed by atoms with E-state index in [2.05, 4.69) is 13.8 Å². The molecule has 5 heteroatoms. The Balaban J connectivity index is 1.35. The minimum absolute atomic E-state index is 0.0112. The highest BCUT2D eigenvalue weighted by Crippen LogP contribution is 2.67. The Bertz CT molecular complexity index is 1290. The second-order valence-electron chi connectivity index (χ2n) is 13.6. The van der Waals surface area contributed by atoms with Gasteiger partial charge in [-0.3, -0.25) is 14.5 Å². The molecule has 2 aromatic carbocycles. The molecule has 216 valence electrons. The minimum atomic E-state index is -0.301. The van der Waals surface area contributed by atoms with E-state index in [4.69, 9.17) is 4.74 Å². The van der Waals surface area contributed by atoms with Crippen molar-refractivity contribution in [2.45, 2.75) is 84.9 Å². The van der Waals surface area contributed by atoms with Crippen molar-refractivity contribution in [3.63, 3.8) is 0 Å². The summed E-state index contributed by atoms with van der Waals surface area (Å²) in [5.41, 5.74) is 3.01. The first-order chi connectivity index (χ1) is 19.7. The predicted octanol–water partition coefficient (Wildman–Crippen LogP) is 7.54. The number of hydrogen-bond donors (Lipinski definition) is 0. The van der Waals surface area contributed by atoms with Gasteiger partial charge in [-0.25, -0.2) is 4.79 Å². The minimum Gasteiger partial charge on any atom is -0.446 e. The van der Waals surface area contributed by atoms with E-state index in [-0.39, 0.29) is 46.4 Å². The van der Waals surface area contributed by atoms with Crippen LogP contribution in [-0.2, 0) is 27.4 Å². The van der Waals surface area contributed by atoms with Crippen LogP contribution < -0.4 is 0 Å². The second-order valence-corrected chi connectivity index (χ2v) is 13.6. The number of fused-ring (bicyclic) bond motifs is 5. The molecule has 0 aliphatic heterocycles. The molecule has 1 amide bonds. The highest BCUT2D eigenvalue weighted by atomic mass is 16.6. The van der Waals surface area contributed by atoms with Gasteiger partial charge in [0.1, 0.15) is 11.9 Å². The lowest BCUT2D eigenvalue weighted by Crippen LogP contribution is -2.58. The number of ether oxygens (including phenoxy) is 1. The molecule has 5 nitrogen and oxygen atoms in total. The Morgan fingerprint density at radius 1 is 0.902 bits per heavy atom. The molecule has 3 fully saturated rings. The van der Waals surface area contributed by atoms with E-state index in [1.807, 2.05) is 71.6 Å². The van der Waals surface area contributed by atoms with Crippen LogP contribution in [0.25, 0.3) is 0 Å². The summed E-state index contributed by atoms with van der Waals surface area (Å²) in [7, 11) is 0. The average molecular weight is 554 g/mol. The number of allylic oxidation sites excluding steroid dienone is 1. The Hall–Kier alpha value is -3.21. The van der Waals surface area contributed by atoms with Crippen molar-refractivity contribution in [1.29, 1.82) is 0 Å². The van der Waals surface area contributed by atoms with E-state index < -0.39 is 0 Å². The zero-order chi connectivity index (χ0) is 28.8. The molecule has 7 atom stereocenters. The Kier molecular flexibility index (Phi) is 7.42. The highest BCUT2D eigenvalue weighted by molar-refractivity contribution is 5.91. The molecule has 0 N–H and O–H groups in total. The summed E-state index contributed by atoms with van der Waals surface area (Å²) in [5, 5.41) is 0. The number of nitrogens with zero attached hydrogens (tertiary/aromatic N) is 1. The molecule has 6 rings (SSSR count). The fourth-order valence-electron chi connectivity index (χ4n) is 9.43. The van der Waals surface area contributed by atoms with Crippen LogP contribution in [0.5, 0.6) is 0 Å². The number of carbonyl (C=O) groups is 3. The molecule has 4 aliphatic carbocycles. The fourth-order valence-corrected chi connectivity index (χ4v) is 9.43. The molecule has 3 saturated carbocycles. The number of ketones is 2. The third-order valence-electron chi connectivity index (χ3n) is 11.3. The molecule has 0 saturated heterocycles. The first-order valence-corrected chi connectivity index (χ1v) is 15.5. The molecule has 41 heavy (non-hydrogen) atoms. The number of hydrogen-bond acceptors (Lipinski definition) is 4. The van der Waals surface area contributed by atoms with Gasteiger partial charge in [-0.05, 0) is 85.3 Å². The molecule has 0 radical (unpaired) electrons. The molecule has 2 aromatic rings. The fraction of sp³-hybridized carbons (Fsp3) is 0.528. The van der Waals surface area contributed by atoms with Gasteiger partial charge in [0.2, 0.25) is 0 Å². The second kappa shape index (κ2) is 10.9. The molecule has 0 unspecified atom stereocenters. The number of Topliss-reactive ketones (excluding diaryl/α,β-unsaturated/α-hetero) is 1. The normalized spacial score (nSPS) is 34.1. The first-order valence-electron chi connectivity index (χ1n) is 15.5. The van der Waals surface area contributed by atoms with E-state index in [1.54, 1.807) is 6.92 Å². The molecular weight excluding hydrogens is 510 g/mol. The first kappa shape index (κ1) is 27.9. The third kappa shape index (κ3) is 5.06. The van der Waals surface area contributed by atoms with Gasteiger partial charge in [0, 0.05) is 31.3 Å². The molecule has 0 heterocycles. The summed E-state index contributed by atoms with van der Waals surface area (Å²) >= 11 is 0. The smallest absolute Gasteiger partial charge is 0.410 e. The summed E-state index contributed by atoms with van der Waals surface area (Å²) in [5.74, 6) is 1.47. The molecule has 0 spiro atoms. The summed E-state index contributed by atoms with van der Waals surface area (Å²) < 4.78 is 6.67. The van der Waals surface area contributed by atoms with Crippen LogP contribution in [0.1, 0.15) is 76.8 Å². The topological polar surface area (TPSA) is 63.7 Å². The van der Waals surface area contributed by atoms with E-state index in [0.29, 0.717) is 37.8 Å². The van der Waals surface area contributed by atoms with Crippen molar-refractivity contribution in [1.82, 2.24) is 4.90 Å². The largest absolute Gasteiger partial charge is 0.446 e. The van der Waals surface area contributed by atoms with Crippen molar-refractivity contribution < 1.29 is 19.1 Å². The number of amides is 1. The Morgan fingerprint density at radius 3 is 2.15 bits per heavy atom. The quantitative estimate of drug-likeness (QED) is 0.371.